The van der Waals surface area contributed by atoms with Crippen LogP contribution in [0.2, 0.25) is 0 Å². The minimum absolute atomic E-state index is 0.172. The zero-order valence-corrected chi connectivity index (χ0v) is 28.9. The van der Waals surface area contributed by atoms with Crippen molar-refractivity contribution in [3.8, 4) is 23.0 Å². The fourth-order valence-corrected chi connectivity index (χ4v) is 8.60. The van der Waals surface area contributed by atoms with Crippen LogP contribution in [0, 0.1) is 13.8 Å². The molecule has 0 saturated carbocycles. The number of ether oxygens (including phenoxy) is 2. The lowest BCUT2D eigenvalue weighted by Crippen LogP contribution is -2.33. The summed E-state index contributed by atoms with van der Waals surface area (Å²) in [5.41, 5.74) is 12.5. The number of hydrogen-bond acceptors (Lipinski definition) is 8. The van der Waals surface area contributed by atoms with Gasteiger partial charge in [-0.05, 0) is 111 Å². The number of aryl methyl sites for hydroxylation is 2. The van der Waals surface area contributed by atoms with Crippen LogP contribution in [0.1, 0.15) is 47.9 Å². The number of phenols is 2. The highest BCUT2D eigenvalue weighted by Crippen LogP contribution is 2.46. The molecule has 5 aliphatic heterocycles. The topological polar surface area (TPSA) is 90.1 Å². The normalized spacial score (nSPS) is 17.5. The minimum atomic E-state index is 0.172. The maximum Gasteiger partial charge on any atom is 0.163 e. The van der Waals surface area contributed by atoms with Crippen LogP contribution in [0.15, 0.2) is 93.4 Å². The summed E-state index contributed by atoms with van der Waals surface area (Å²) in [5, 5.41) is 27.8. The van der Waals surface area contributed by atoms with Crippen molar-refractivity contribution < 1.29 is 19.7 Å². The number of aromatic hydroxyl groups is 2. The van der Waals surface area contributed by atoms with E-state index < -0.39 is 0 Å². The van der Waals surface area contributed by atoms with Crippen molar-refractivity contribution in [1.82, 2.24) is 0 Å². The fourth-order valence-electron chi connectivity index (χ4n) is 8.60. The van der Waals surface area contributed by atoms with E-state index in [0.29, 0.717) is 37.2 Å². The van der Waals surface area contributed by atoms with Crippen LogP contribution in [0.25, 0.3) is 11.1 Å². The lowest BCUT2D eigenvalue weighted by Gasteiger charge is -2.38. The molecule has 252 valence electrons. The van der Waals surface area contributed by atoms with E-state index in [1.54, 1.807) is 14.2 Å². The minimum Gasteiger partial charge on any atom is -0.507 e. The zero-order valence-electron chi connectivity index (χ0n) is 28.9. The lowest BCUT2D eigenvalue weighted by molar-refractivity contribution is 0.370. The number of nitrogens with zero attached hydrogens (tertiary/aromatic N) is 4. The molecular formula is C42H40N4O4. The van der Waals surface area contributed by atoms with Crippen LogP contribution in [0.3, 0.4) is 0 Å². The second-order valence-electron chi connectivity index (χ2n) is 13.8. The third kappa shape index (κ3) is 4.57. The Balaban J connectivity index is 1.29. The Morgan fingerprint density at radius 2 is 1.18 bits per heavy atom. The maximum atomic E-state index is 11.8. The molecule has 0 bridgehead atoms. The van der Waals surface area contributed by atoms with Gasteiger partial charge in [-0.3, -0.25) is 0 Å². The number of methoxy groups -OCH3 is 2. The van der Waals surface area contributed by atoms with E-state index in [0.717, 1.165) is 98.5 Å². The third-order valence-corrected chi connectivity index (χ3v) is 11.1. The van der Waals surface area contributed by atoms with Gasteiger partial charge < -0.3 is 29.5 Å². The maximum absolute atomic E-state index is 11.8. The average Bonchev–Trinajstić information content (AvgIpc) is 3.68. The Labute approximate surface area is 291 Å². The van der Waals surface area contributed by atoms with Gasteiger partial charge in [0.2, 0.25) is 0 Å². The van der Waals surface area contributed by atoms with E-state index in [2.05, 4.69) is 53.1 Å². The van der Waals surface area contributed by atoms with E-state index in [9.17, 15) is 10.2 Å². The summed E-state index contributed by atoms with van der Waals surface area (Å²) in [6, 6.07) is 20.8. The number of allylic oxidation sites excluding steroid dienone is 4. The van der Waals surface area contributed by atoms with Crippen molar-refractivity contribution in [3.63, 3.8) is 0 Å². The second kappa shape index (κ2) is 11.5. The quantitative estimate of drug-likeness (QED) is 0.309. The van der Waals surface area contributed by atoms with Gasteiger partial charge >= 0.3 is 0 Å². The van der Waals surface area contributed by atoms with Crippen LogP contribution in [0.5, 0.6) is 23.0 Å². The molecule has 0 aromatic heterocycles. The van der Waals surface area contributed by atoms with Gasteiger partial charge in [-0.25, -0.2) is 9.98 Å². The first-order valence-corrected chi connectivity index (χ1v) is 17.5. The second-order valence-corrected chi connectivity index (χ2v) is 13.8. The van der Waals surface area contributed by atoms with Gasteiger partial charge in [-0.2, -0.15) is 0 Å². The van der Waals surface area contributed by atoms with Crippen LogP contribution in [-0.4, -0.2) is 37.5 Å². The molecule has 8 heteroatoms. The van der Waals surface area contributed by atoms with Crippen molar-refractivity contribution in [2.45, 2.75) is 52.4 Å². The lowest BCUT2D eigenvalue weighted by atomic mass is 9.91. The van der Waals surface area contributed by atoms with Gasteiger partial charge in [0, 0.05) is 63.5 Å². The molecule has 4 aromatic carbocycles. The molecule has 4 aromatic rings. The Morgan fingerprint density at radius 1 is 0.600 bits per heavy atom. The predicted molar refractivity (Wildman–Crippen MR) is 195 cm³/mol. The molecule has 0 unspecified atom stereocenters. The van der Waals surface area contributed by atoms with Gasteiger partial charge in [0.05, 0.1) is 36.3 Å². The summed E-state index contributed by atoms with van der Waals surface area (Å²) in [6.07, 6.45) is 4.14. The molecule has 5 heterocycles. The summed E-state index contributed by atoms with van der Waals surface area (Å²) in [6.45, 7) is 5.59. The summed E-state index contributed by atoms with van der Waals surface area (Å²) < 4.78 is 11.2. The summed E-state index contributed by atoms with van der Waals surface area (Å²) >= 11 is 0. The van der Waals surface area contributed by atoms with Gasteiger partial charge in [-0.1, -0.05) is 18.2 Å². The number of fused-ring (bicyclic) bond motifs is 10. The average molecular weight is 665 g/mol. The summed E-state index contributed by atoms with van der Waals surface area (Å²) in [7, 11) is 3.28. The van der Waals surface area contributed by atoms with Crippen LogP contribution in [-0.2, 0) is 12.8 Å². The molecule has 0 amide bonds. The Morgan fingerprint density at radius 3 is 1.80 bits per heavy atom. The van der Waals surface area contributed by atoms with E-state index >= 15 is 0 Å². The fraction of sp³-hybridized carbons (Fsp3) is 0.286. The van der Waals surface area contributed by atoms with Crippen molar-refractivity contribution in [2.24, 2.45) is 9.98 Å². The Kier molecular flexibility index (Phi) is 7.05. The molecule has 0 saturated heterocycles. The van der Waals surface area contributed by atoms with Crippen molar-refractivity contribution >= 4 is 22.5 Å². The van der Waals surface area contributed by atoms with Crippen molar-refractivity contribution in [1.29, 1.82) is 0 Å². The number of hydrogen-bond donors (Lipinski definition) is 2. The van der Waals surface area contributed by atoms with E-state index in [1.807, 2.05) is 31.2 Å². The number of phenolic OH excluding ortho intramolecular Hbond substituents is 2. The molecule has 50 heavy (non-hydrogen) atoms. The van der Waals surface area contributed by atoms with Gasteiger partial charge in [0.25, 0.3) is 0 Å². The molecule has 0 fully saturated rings. The molecule has 9 rings (SSSR count). The first-order chi connectivity index (χ1) is 24.3. The molecular weight excluding hydrogens is 624 g/mol. The van der Waals surface area contributed by atoms with Crippen molar-refractivity contribution in [2.75, 3.05) is 37.1 Å². The van der Waals surface area contributed by atoms with Gasteiger partial charge in [-0.15, -0.1) is 0 Å². The van der Waals surface area contributed by atoms with Crippen LogP contribution >= 0.6 is 0 Å². The standard InChI is InChI=1S/C42H40N4O4/c1-23-5-8-26-28-17-20-46-35-15-16-38(50-4)42(48)31(35)11-14-37-40-29(27-9-7-25(49-3)22-33(27)44-40)18-19-45(37)34-12-6-24(2)41(47)30(34)10-13-36(46)39(28)43-32(26)21-23/h5-9,12,15-16,21-22,47-48H,10-11,13-14,17-20H2,1-4H3. The van der Waals surface area contributed by atoms with Gasteiger partial charge in [0.15, 0.2) is 11.5 Å². The predicted octanol–water partition coefficient (Wildman–Crippen LogP) is 5.12. The van der Waals surface area contributed by atoms with E-state index in [4.69, 9.17) is 19.5 Å². The van der Waals surface area contributed by atoms with Crippen molar-refractivity contribution in [3.05, 3.63) is 127 Å². The molecule has 0 aliphatic carbocycles. The summed E-state index contributed by atoms with van der Waals surface area (Å²) in [4.78, 5) is 15.2. The first kappa shape index (κ1) is 30.6. The molecule has 5 aliphatic rings. The SMILES string of the molecule is COc1ccc2c(c1)=NC1=C3CCc4c(ccc(OC)c4O)N4CCC5=c6ccc(C)cc6=NC5=C4CCc4c(ccc(C)c4O)N3CCC=21. The number of benzene rings is 4. The number of rotatable bonds is 2. The largest absolute Gasteiger partial charge is 0.507 e. The van der Waals surface area contributed by atoms with Crippen LogP contribution in [0.4, 0.5) is 11.4 Å². The third-order valence-electron chi connectivity index (χ3n) is 11.1. The monoisotopic (exact) mass is 664 g/mol. The molecule has 0 radical (unpaired) electrons. The highest BCUT2D eigenvalue weighted by atomic mass is 16.5. The number of anilines is 2. The molecule has 0 spiro atoms. The van der Waals surface area contributed by atoms with Gasteiger partial charge in [0.1, 0.15) is 11.5 Å². The highest BCUT2D eigenvalue weighted by molar-refractivity contribution is 5.78. The molecule has 0 atom stereocenters. The summed E-state index contributed by atoms with van der Waals surface area (Å²) in [5.74, 6) is 1.76. The Bertz CT molecular complexity index is 2480. The van der Waals surface area contributed by atoms with E-state index in [1.165, 1.54) is 21.9 Å². The first-order valence-electron chi connectivity index (χ1n) is 17.5. The molecule has 2 N–H and O–H groups in total. The smallest absolute Gasteiger partial charge is 0.163 e. The zero-order chi connectivity index (χ0) is 34.3. The Hall–Kier alpha value is -5.50. The van der Waals surface area contributed by atoms with E-state index in [-0.39, 0.29) is 5.75 Å². The van der Waals surface area contributed by atoms with Crippen LogP contribution < -0.4 is 40.4 Å². The highest BCUT2D eigenvalue weighted by Gasteiger charge is 2.34. The molecule has 8 nitrogen and oxygen atoms in total.